The predicted molar refractivity (Wildman–Crippen MR) is 58.2 cm³/mol. The maximum absolute atomic E-state index is 11.8. The van der Waals surface area contributed by atoms with Gasteiger partial charge in [-0.3, -0.25) is 4.79 Å². The molecule has 0 unspecified atom stereocenters. The fraction of sp³-hybridized carbons (Fsp3) is 0.800. The summed E-state index contributed by atoms with van der Waals surface area (Å²) in [5.74, 6) is -0.998. The lowest BCUT2D eigenvalue weighted by Gasteiger charge is -2.25. The first-order valence-electron chi connectivity index (χ1n) is 5.36. The van der Waals surface area contributed by atoms with Gasteiger partial charge in [0.25, 0.3) is 0 Å². The van der Waals surface area contributed by atoms with Gasteiger partial charge in [0.15, 0.2) is 0 Å². The minimum Gasteiger partial charge on any atom is -0.481 e. The Morgan fingerprint density at radius 1 is 1.17 bits per heavy atom. The van der Waals surface area contributed by atoms with Crippen molar-refractivity contribution in [1.29, 1.82) is 0 Å². The number of carbonyl (C=O) groups is 2. The topological polar surface area (TPSA) is 78.4 Å². The van der Waals surface area contributed by atoms with Crippen molar-refractivity contribution in [3.63, 3.8) is 0 Å². The van der Waals surface area contributed by atoms with Gasteiger partial charge in [-0.25, -0.2) is 4.79 Å². The van der Waals surface area contributed by atoms with Crippen molar-refractivity contribution in [3.05, 3.63) is 0 Å². The number of rotatable bonds is 6. The molecular formula is C10H17F3N2O3. The number of nitrogens with one attached hydrogen (secondary N) is 2. The van der Waals surface area contributed by atoms with E-state index in [-0.39, 0.29) is 12.8 Å². The highest BCUT2D eigenvalue weighted by Crippen LogP contribution is 2.18. The maximum Gasteiger partial charge on any atom is 0.390 e. The van der Waals surface area contributed by atoms with E-state index in [9.17, 15) is 22.8 Å². The number of carboxylic acids is 1. The second kappa shape index (κ2) is 6.46. The Hall–Kier alpha value is -1.47. The highest BCUT2D eigenvalue weighted by atomic mass is 19.4. The molecule has 3 N–H and O–H groups in total. The Bertz CT molecular complexity index is 303. The van der Waals surface area contributed by atoms with Gasteiger partial charge in [0.05, 0.1) is 6.42 Å². The van der Waals surface area contributed by atoms with Crippen molar-refractivity contribution < 1.29 is 27.9 Å². The molecule has 0 saturated carbocycles. The third-order valence-electron chi connectivity index (χ3n) is 2.11. The van der Waals surface area contributed by atoms with E-state index in [1.54, 1.807) is 13.8 Å². The summed E-state index contributed by atoms with van der Waals surface area (Å²) in [6.45, 7) is 2.68. The highest BCUT2D eigenvalue weighted by Gasteiger charge is 2.27. The number of aliphatic carboxylic acids is 1. The van der Waals surface area contributed by atoms with Crippen molar-refractivity contribution in [3.8, 4) is 0 Å². The molecule has 2 amide bonds. The number of halogens is 3. The van der Waals surface area contributed by atoms with E-state index in [1.165, 1.54) is 0 Å². The van der Waals surface area contributed by atoms with Gasteiger partial charge in [0.1, 0.15) is 0 Å². The van der Waals surface area contributed by atoms with Crippen molar-refractivity contribution in [2.75, 3.05) is 6.54 Å². The van der Waals surface area contributed by atoms with Crippen LogP contribution < -0.4 is 10.6 Å². The van der Waals surface area contributed by atoms with E-state index in [4.69, 9.17) is 5.11 Å². The summed E-state index contributed by atoms with van der Waals surface area (Å²) in [6, 6.07) is -0.741. The van der Waals surface area contributed by atoms with Gasteiger partial charge in [-0.15, -0.1) is 0 Å². The molecule has 0 bridgehead atoms. The molecule has 0 aliphatic carbocycles. The van der Waals surface area contributed by atoms with Gasteiger partial charge in [-0.2, -0.15) is 13.2 Å². The van der Waals surface area contributed by atoms with Crippen LogP contribution in [-0.2, 0) is 4.79 Å². The van der Waals surface area contributed by atoms with Crippen LogP contribution >= 0.6 is 0 Å². The molecule has 18 heavy (non-hydrogen) atoms. The van der Waals surface area contributed by atoms with Crippen LogP contribution in [0, 0.1) is 0 Å². The zero-order valence-corrected chi connectivity index (χ0v) is 10.2. The fourth-order valence-corrected chi connectivity index (χ4v) is 1.15. The molecule has 0 aromatic heterocycles. The fourth-order valence-electron chi connectivity index (χ4n) is 1.15. The Kier molecular flexibility index (Phi) is 5.93. The normalized spacial score (nSPS) is 12.1. The van der Waals surface area contributed by atoms with Crippen molar-refractivity contribution in [2.45, 2.75) is 44.8 Å². The number of hydrogen-bond acceptors (Lipinski definition) is 2. The zero-order chi connectivity index (χ0) is 14.4. The number of urea groups is 1. The van der Waals surface area contributed by atoms with Gasteiger partial charge in [0.2, 0.25) is 0 Å². The van der Waals surface area contributed by atoms with E-state index in [1.807, 2.05) is 0 Å². The molecule has 8 heteroatoms. The van der Waals surface area contributed by atoms with E-state index >= 15 is 0 Å². The molecule has 106 valence electrons. The second-order valence-electron chi connectivity index (χ2n) is 4.52. The third-order valence-corrected chi connectivity index (χ3v) is 2.11. The van der Waals surface area contributed by atoms with Crippen molar-refractivity contribution >= 4 is 12.0 Å². The average Bonchev–Trinajstić information content (AvgIpc) is 2.12. The van der Waals surface area contributed by atoms with Gasteiger partial charge in [-0.05, 0) is 20.3 Å². The largest absolute Gasteiger partial charge is 0.481 e. The molecule has 0 fully saturated rings. The monoisotopic (exact) mass is 270 g/mol. The summed E-state index contributed by atoms with van der Waals surface area (Å²) in [5, 5.41) is 13.0. The number of alkyl halides is 3. The molecule has 0 aliphatic heterocycles. The number of amides is 2. The van der Waals surface area contributed by atoms with E-state index in [2.05, 4.69) is 10.6 Å². The highest BCUT2D eigenvalue weighted by molar-refractivity contribution is 5.74. The molecule has 0 saturated heterocycles. The van der Waals surface area contributed by atoms with Crippen LogP contribution in [0.2, 0.25) is 0 Å². The maximum atomic E-state index is 11.8. The van der Waals surface area contributed by atoms with Crippen LogP contribution in [-0.4, -0.2) is 35.4 Å². The van der Waals surface area contributed by atoms with Crippen LogP contribution in [0.25, 0.3) is 0 Å². The minimum absolute atomic E-state index is 0.129. The van der Waals surface area contributed by atoms with Crippen LogP contribution in [0.1, 0.15) is 33.1 Å². The SMILES string of the molecule is CC(C)(CCC(=O)O)NC(=O)NCCC(F)(F)F. The molecule has 0 heterocycles. The molecule has 0 radical (unpaired) electrons. The Labute approximate surface area is 103 Å². The Balaban J connectivity index is 3.95. The van der Waals surface area contributed by atoms with Crippen molar-refractivity contribution in [1.82, 2.24) is 10.6 Å². The minimum atomic E-state index is -4.31. The van der Waals surface area contributed by atoms with Crippen LogP contribution in [0.5, 0.6) is 0 Å². The first-order chi connectivity index (χ1) is 8.02. The van der Waals surface area contributed by atoms with Gasteiger partial charge < -0.3 is 15.7 Å². The lowest BCUT2D eigenvalue weighted by atomic mass is 9.99. The van der Waals surface area contributed by atoms with Crippen LogP contribution in [0.3, 0.4) is 0 Å². The molecule has 0 spiro atoms. The van der Waals surface area contributed by atoms with E-state index < -0.39 is 36.7 Å². The van der Waals surface area contributed by atoms with Gasteiger partial charge >= 0.3 is 18.2 Å². The van der Waals surface area contributed by atoms with E-state index in [0.717, 1.165) is 0 Å². The summed E-state index contributed by atoms with van der Waals surface area (Å²) >= 11 is 0. The first-order valence-corrected chi connectivity index (χ1v) is 5.36. The van der Waals surface area contributed by atoms with Gasteiger partial charge in [0, 0.05) is 18.5 Å². The molecule has 0 rings (SSSR count). The Morgan fingerprint density at radius 3 is 2.17 bits per heavy atom. The average molecular weight is 270 g/mol. The second-order valence-corrected chi connectivity index (χ2v) is 4.52. The molecule has 0 aromatic carbocycles. The van der Waals surface area contributed by atoms with Crippen LogP contribution in [0.4, 0.5) is 18.0 Å². The molecule has 5 nitrogen and oxygen atoms in total. The molecular weight excluding hydrogens is 253 g/mol. The van der Waals surface area contributed by atoms with Crippen LogP contribution in [0.15, 0.2) is 0 Å². The quantitative estimate of drug-likeness (QED) is 0.689. The Morgan fingerprint density at radius 2 is 1.72 bits per heavy atom. The summed E-state index contributed by atoms with van der Waals surface area (Å²) in [5.41, 5.74) is -0.791. The zero-order valence-electron chi connectivity index (χ0n) is 10.2. The number of hydrogen-bond donors (Lipinski definition) is 3. The number of carbonyl (C=O) groups excluding carboxylic acids is 1. The molecule has 0 aromatic rings. The van der Waals surface area contributed by atoms with Gasteiger partial charge in [-0.1, -0.05) is 0 Å². The van der Waals surface area contributed by atoms with E-state index in [0.29, 0.717) is 0 Å². The molecule has 0 atom stereocenters. The summed E-state index contributed by atoms with van der Waals surface area (Å²) in [7, 11) is 0. The first kappa shape index (κ1) is 16.5. The van der Waals surface area contributed by atoms with Crippen molar-refractivity contribution in [2.24, 2.45) is 0 Å². The summed E-state index contributed by atoms with van der Waals surface area (Å²) in [6.07, 6.45) is -5.35. The number of carboxylic acid groups (broad SMARTS) is 1. The standard InChI is InChI=1S/C10H17F3N2O3/c1-9(2,4-3-7(16)17)15-8(18)14-6-5-10(11,12)13/h3-6H2,1-2H3,(H,16,17)(H2,14,15,18). The third kappa shape index (κ3) is 9.73. The lowest BCUT2D eigenvalue weighted by Crippen LogP contribution is -2.49. The predicted octanol–water partition coefficient (Wildman–Crippen LogP) is 1.88. The molecule has 0 aliphatic rings. The summed E-state index contributed by atoms with van der Waals surface area (Å²) < 4.78 is 35.4. The smallest absolute Gasteiger partial charge is 0.390 e. The summed E-state index contributed by atoms with van der Waals surface area (Å²) in [4.78, 5) is 21.6. The lowest BCUT2D eigenvalue weighted by molar-refractivity contribution is -0.137.